The highest BCUT2D eigenvalue weighted by Gasteiger charge is 2.15. The van der Waals surface area contributed by atoms with E-state index in [0.29, 0.717) is 26.2 Å². The van der Waals surface area contributed by atoms with Gasteiger partial charge in [-0.05, 0) is 12.8 Å². The minimum Gasteiger partial charge on any atom is -0.381 e. The Balaban J connectivity index is 1.42. The number of hydrogen-bond acceptors (Lipinski definition) is 4. The summed E-state index contributed by atoms with van der Waals surface area (Å²) in [6, 6.07) is 11.8. The molecule has 122 valence electrons. The Morgan fingerprint density at radius 1 is 1.22 bits per heavy atom. The van der Waals surface area contributed by atoms with E-state index in [9.17, 15) is 4.79 Å². The van der Waals surface area contributed by atoms with Gasteiger partial charge in [-0.2, -0.15) is 0 Å². The van der Waals surface area contributed by atoms with Gasteiger partial charge in [0.25, 0.3) is 0 Å². The highest BCUT2D eigenvalue weighted by molar-refractivity contribution is 5.74. The molecule has 0 saturated carbocycles. The largest absolute Gasteiger partial charge is 0.381 e. The van der Waals surface area contributed by atoms with E-state index in [2.05, 4.69) is 15.8 Å². The third-order valence-corrected chi connectivity index (χ3v) is 3.84. The van der Waals surface area contributed by atoms with Gasteiger partial charge in [0.05, 0.1) is 5.69 Å². The molecular weight excluding hydrogens is 294 g/mol. The van der Waals surface area contributed by atoms with Crippen LogP contribution >= 0.6 is 0 Å². The molecule has 23 heavy (non-hydrogen) atoms. The molecule has 2 aromatic rings. The van der Waals surface area contributed by atoms with E-state index >= 15 is 0 Å². The number of benzene rings is 1. The summed E-state index contributed by atoms with van der Waals surface area (Å²) >= 11 is 0. The summed E-state index contributed by atoms with van der Waals surface area (Å²) < 4.78 is 10.6. The van der Waals surface area contributed by atoms with Crippen molar-refractivity contribution in [2.45, 2.75) is 25.3 Å². The summed E-state index contributed by atoms with van der Waals surface area (Å²) in [4.78, 5) is 11.8. The lowest BCUT2D eigenvalue weighted by molar-refractivity contribution is 0.0801. The Morgan fingerprint density at radius 2 is 2.00 bits per heavy atom. The molecule has 3 rings (SSSR count). The summed E-state index contributed by atoms with van der Waals surface area (Å²) in [5.74, 6) is 0.743. The van der Waals surface area contributed by atoms with E-state index in [1.807, 2.05) is 36.4 Å². The van der Waals surface area contributed by atoms with Crippen molar-refractivity contribution in [3.63, 3.8) is 0 Å². The van der Waals surface area contributed by atoms with Gasteiger partial charge in [-0.1, -0.05) is 35.5 Å². The van der Waals surface area contributed by atoms with Crippen LogP contribution in [0.1, 0.15) is 18.5 Å². The SMILES string of the molecule is O=C(NCCc1cc(-c2ccccc2)on1)NC1CCOCC1. The zero-order valence-corrected chi connectivity index (χ0v) is 13.0. The smallest absolute Gasteiger partial charge is 0.315 e. The van der Waals surface area contributed by atoms with E-state index in [1.54, 1.807) is 0 Å². The summed E-state index contributed by atoms with van der Waals surface area (Å²) in [5, 5.41) is 9.86. The first-order valence-electron chi connectivity index (χ1n) is 7.94. The quantitative estimate of drug-likeness (QED) is 0.888. The van der Waals surface area contributed by atoms with Crippen molar-refractivity contribution in [1.29, 1.82) is 0 Å². The Morgan fingerprint density at radius 3 is 2.78 bits per heavy atom. The Labute approximate surface area is 135 Å². The van der Waals surface area contributed by atoms with Crippen LogP contribution in [0.3, 0.4) is 0 Å². The van der Waals surface area contributed by atoms with Crippen LogP contribution in [0.2, 0.25) is 0 Å². The second-order valence-electron chi connectivity index (χ2n) is 5.59. The number of rotatable bonds is 5. The first-order chi connectivity index (χ1) is 11.3. The fourth-order valence-corrected chi connectivity index (χ4v) is 2.55. The van der Waals surface area contributed by atoms with Crippen LogP contribution in [0.5, 0.6) is 0 Å². The third-order valence-electron chi connectivity index (χ3n) is 3.84. The second kappa shape index (κ2) is 7.78. The molecule has 0 radical (unpaired) electrons. The number of nitrogens with one attached hydrogen (secondary N) is 2. The monoisotopic (exact) mass is 315 g/mol. The van der Waals surface area contributed by atoms with Crippen LogP contribution in [-0.2, 0) is 11.2 Å². The van der Waals surface area contributed by atoms with Crippen molar-refractivity contribution in [1.82, 2.24) is 15.8 Å². The number of carbonyl (C=O) groups is 1. The molecule has 0 atom stereocenters. The summed E-state index contributed by atoms with van der Waals surface area (Å²) in [5.41, 5.74) is 1.83. The van der Waals surface area contributed by atoms with Crippen molar-refractivity contribution in [2.24, 2.45) is 0 Å². The van der Waals surface area contributed by atoms with E-state index in [1.165, 1.54) is 0 Å². The summed E-state index contributed by atoms with van der Waals surface area (Å²) in [6.45, 7) is 1.95. The first-order valence-corrected chi connectivity index (χ1v) is 7.94. The maximum absolute atomic E-state index is 11.8. The zero-order valence-electron chi connectivity index (χ0n) is 13.0. The molecule has 1 fully saturated rings. The zero-order chi connectivity index (χ0) is 15.9. The molecule has 0 aliphatic carbocycles. The normalized spacial score (nSPS) is 15.3. The summed E-state index contributed by atoms with van der Waals surface area (Å²) in [6.07, 6.45) is 2.38. The lowest BCUT2D eigenvalue weighted by atomic mass is 10.1. The van der Waals surface area contributed by atoms with E-state index in [0.717, 1.165) is 29.9 Å². The Bertz CT molecular complexity index is 621. The molecule has 1 aromatic carbocycles. The fourth-order valence-electron chi connectivity index (χ4n) is 2.55. The molecular formula is C17H21N3O3. The molecule has 6 heteroatoms. The predicted molar refractivity (Wildman–Crippen MR) is 86.0 cm³/mol. The maximum atomic E-state index is 11.8. The van der Waals surface area contributed by atoms with Gasteiger partial charge in [-0.15, -0.1) is 0 Å². The van der Waals surface area contributed by atoms with Crippen molar-refractivity contribution in [3.05, 3.63) is 42.1 Å². The minimum atomic E-state index is -0.135. The van der Waals surface area contributed by atoms with Crippen LogP contribution in [0.25, 0.3) is 11.3 Å². The number of amides is 2. The van der Waals surface area contributed by atoms with Crippen LogP contribution in [0, 0.1) is 0 Å². The molecule has 1 aliphatic rings. The number of hydrogen-bond donors (Lipinski definition) is 2. The topological polar surface area (TPSA) is 76.4 Å². The second-order valence-corrected chi connectivity index (χ2v) is 5.59. The summed E-state index contributed by atoms with van der Waals surface area (Å²) in [7, 11) is 0. The lowest BCUT2D eigenvalue weighted by Gasteiger charge is -2.23. The molecule has 1 aromatic heterocycles. The highest BCUT2D eigenvalue weighted by Crippen LogP contribution is 2.19. The lowest BCUT2D eigenvalue weighted by Crippen LogP contribution is -2.44. The number of aromatic nitrogens is 1. The van der Waals surface area contributed by atoms with Crippen LogP contribution in [0.15, 0.2) is 40.9 Å². The molecule has 0 spiro atoms. The van der Waals surface area contributed by atoms with Crippen LogP contribution < -0.4 is 10.6 Å². The van der Waals surface area contributed by atoms with Gasteiger partial charge in [0.1, 0.15) is 0 Å². The molecule has 2 amide bonds. The molecule has 1 saturated heterocycles. The number of nitrogens with zero attached hydrogens (tertiary/aromatic N) is 1. The average Bonchev–Trinajstić information content (AvgIpc) is 3.05. The number of urea groups is 1. The molecule has 2 N–H and O–H groups in total. The first kappa shape index (κ1) is 15.6. The molecule has 2 heterocycles. The molecule has 0 unspecified atom stereocenters. The van der Waals surface area contributed by atoms with Gasteiger partial charge < -0.3 is 19.9 Å². The van der Waals surface area contributed by atoms with E-state index in [-0.39, 0.29) is 12.1 Å². The Hall–Kier alpha value is -2.34. The molecule has 0 bridgehead atoms. The van der Waals surface area contributed by atoms with Crippen molar-refractivity contribution in [2.75, 3.05) is 19.8 Å². The van der Waals surface area contributed by atoms with E-state index < -0.39 is 0 Å². The predicted octanol–water partition coefficient (Wildman–Crippen LogP) is 2.36. The van der Waals surface area contributed by atoms with Gasteiger partial charge in [0, 0.05) is 43.9 Å². The highest BCUT2D eigenvalue weighted by atomic mass is 16.5. The van der Waals surface area contributed by atoms with Gasteiger partial charge in [0.15, 0.2) is 5.76 Å². The van der Waals surface area contributed by atoms with Crippen molar-refractivity contribution < 1.29 is 14.1 Å². The number of carbonyl (C=O) groups excluding carboxylic acids is 1. The van der Waals surface area contributed by atoms with E-state index in [4.69, 9.17) is 9.26 Å². The minimum absolute atomic E-state index is 0.135. The standard InChI is InChI=1S/C17H21N3O3/c21-17(19-14-7-10-22-11-8-14)18-9-6-15-12-16(23-20-15)13-4-2-1-3-5-13/h1-5,12,14H,6-11H2,(H2,18,19,21). The molecule has 1 aliphatic heterocycles. The average molecular weight is 315 g/mol. The van der Waals surface area contributed by atoms with Crippen molar-refractivity contribution >= 4 is 6.03 Å². The van der Waals surface area contributed by atoms with Gasteiger partial charge in [0.2, 0.25) is 0 Å². The molecule has 6 nitrogen and oxygen atoms in total. The number of ether oxygens (including phenoxy) is 1. The van der Waals surface area contributed by atoms with Gasteiger partial charge >= 0.3 is 6.03 Å². The van der Waals surface area contributed by atoms with Gasteiger partial charge in [-0.3, -0.25) is 0 Å². The van der Waals surface area contributed by atoms with Crippen LogP contribution in [0.4, 0.5) is 4.79 Å². The maximum Gasteiger partial charge on any atom is 0.315 e. The van der Waals surface area contributed by atoms with Gasteiger partial charge in [-0.25, -0.2) is 4.79 Å². The van der Waals surface area contributed by atoms with Crippen LogP contribution in [-0.4, -0.2) is 37.0 Å². The Kier molecular flexibility index (Phi) is 5.26. The fraction of sp³-hybridized carbons (Fsp3) is 0.412. The van der Waals surface area contributed by atoms with Crippen molar-refractivity contribution in [3.8, 4) is 11.3 Å². The third kappa shape index (κ3) is 4.56.